The molecule has 0 atom stereocenters. The maximum Gasteiger partial charge on any atom is 0.500 e. The summed E-state index contributed by atoms with van der Waals surface area (Å²) in [5.41, 5.74) is -5.04. The first kappa shape index (κ1) is 50.8. The van der Waals surface area contributed by atoms with Crippen molar-refractivity contribution in [2.75, 3.05) is 34.0 Å². The summed E-state index contributed by atoms with van der Waals surface area (Å²) in [6, 6.07) is 4.79. The van der Waals surface area contributed by atoms with E-state index in [2.05, 4.69) is 0 Å². The van der Waals surface area contributed by atoms with Crippen molar-refractivity contribution in [2.45, 2.75) is 115 Å². The molecule has 0 fully saturated rings. The van der Waals surface area contributed by atoms with Gasteiger partial charge in [0.25, 0.3) is 6.48 Å². The first-order chi connectivity index (χ1) is 25.5. The molecule has 0 heterocycles. The third-order valence-electron chi connectivity index (χ3n) is 7.95. The van der Waals surface area contributed by atoms with E-state index in [0.29, 0.717) is 58.0 Å². The zero-order valence-corrected chi connectivity index (χ0v) is 33.8. The number of hydrogen-bond donors (Lipinski definition) is 0. The summed E-state index contributed by atoms with van der Waals surface area (Å²) < 4.78 is 186. The minimum Gasteiger partial charge on any atom is -0.379 e. The van der Waals surface area contributed by atoms with E-state index < -0.39 is 72.0 Å². The zero-order valence-electron chi connectivity index (χ0n) is 31.4. The second-order valence-electron chi connectivity index (χ2n) is 12.1. The number of ether oxygens (including phenoxy) is 2. The molecule has 2 rings (SSSR count). The Bertz CT molecular complexity index is 1300. The molecule has 0 aliphatic heterocycles. The molecule has 0 unspecified atom stereocenters. The van der Waals surface area contributed by atoms with Gasteiger partial charge in [0.1, 0.15) is 0 Å². The van der Waals surface area contributed by atoms with Crippen LogP contribution in [0.5, 0.6) is 0 Å². The van der Waals surface area contributed by atoms with Crippen LogP contribution < -0.4 is 0 Å². The monoisotopic (exact) mass is 850 g/mol. The van der Waals surface area contributed by atoms with Gasteiger partial charge in [0.05, 0.1) is 22.3 Å². The molecule has 6 nitrogen and oxygen atoms in total. The Morgan fingerprint density at radius 2 is 0.909 bits per heavy atom. The number of benzene rings is 2. The first-order valence-electron chi connectivity index (χ1n) is 17.7. The molecule has 0 amide bonds. The highest BCUT2D eigenvalue weighted by molar-refractivity contribution is 6.60. The summed E-state index contributed by atoms with van der Waals surface area (Å²) >= 11 is 0. The normalized spacial score (nSPS) is 13.2. The van der Waals surface area contributed by atoms with E-state index in [9.17, 15) is 52.7 Å². The van der Waals surface area contributed by atoms with E-state index in [1.54, 1.807) is 0 Å². The van der Waals surface area contributed by atoms with Gasteiger partial charge in [-0.1, -0.05) is 19.3 Å². The van der Waals surface area contributed by atoms with Gasteiger partial charge in [-0.05, 0) is 106 Å². The van der Waals surface area contributed by atoms with Gasteiger partial charge in [-0.2, -0.15) is 52.7 Å². The fourth-order valence-electron chi connectivity index (χ4n) is 5.25. The molecular formula is C35H50F12O6Si2. The van der Waals surface area contributed by atoms with Gasteiger partial charge in [-0.15, -0.1) is 0 Å². The minimum atomic E-state index is -4.82. The zero-order chi connectivity index (χ0) is 41.9. The van der Waals surface area contributed by atoms with E-state index in [-0.39, 0.29) is 36.1 Å². The first-order valence-corrected chi connectivity index (χ1v) is 21.2. The Labute approximate surface area is 317 Å². The molecule has 0 aliphatic rings. The summed E-state index contributed by atoms with van der Waals surface area (Å²) in [6.45, 7) is 6.17. The average Bonchev–Trinajstić information content (AvgIpc) is 3.09. The molecule has 2 aromatic carbocycles. The smallest absolute Gasteiger partial charge is 0.379 e. The number of unbranched alkanes of at least 4 members (excludes halogenated alkanes) is 4. The van der Waals surface area contributed by atoms with Gasteiger partial charge < -0.3 is 27.2 Å². The Morgan fingerprint density at radius 3 is 1.24 bits per heavy atom. The third kappa shape index (κ3) is 19.7. The highest BCUT2D eigenvalue weighted by atomic mass is 28.4. The van der Waals surface area contributed by atoms with E-state index in [1.807, 2.05) is 20.8 Å². The van der Waals surface area contributed by atoms with Crippen molar-refractivity contribution in [1.82, 2.24) is 0 Å². The van der Waals surface area contributed by atoms with Crippen molar-refractivity contribution < 1.29 is 79.9 Å². The third-order valence-corrected chi connectivity index (χ3v) is 12.2. The van der Waals surface area contributed by atoms with Gasteiger partial charge in [-0.3, -0.25) is 0 Å². The molecule has 0 N–H and O–H groups in total. The van der Waals surface area contributed by atoms with Crippen LogP contribution in [0.1, 0.15) is 92.7 Å². The molecule has 0 saturated carbocycles. The average molecular weight is 851 g/mol. The quantitative estimate of drug-likeness (QED) is 0.0509. The van der Waals surface area contributed by atoms with Crippen molar-refractivity contribution in [3.63, 3.8) is 0 Å². The minimum absolute atomic E-state index is 0.0175. The predicted octanol–water partition coefficient (Wildman–Crippen LogP) is 11.0. The van der Waals surface area contributed by atoms with Crippen LogP contribution in [-0.4, -0.2) is 59.1 Å². The fraction of sp³-hybridized carbons (Fsp3) is 0.657. The molecule has 2 aromatic rings. The molecule has 0 spiro atoms. The van der Waals surface area contributed by atoms with Crippen molar-refractivity contribution >= 4 is 18.6 Å². The van der Waals surface area contributed by atoms with Crippen molar-refractivity contribution in [3.8, 4) is 0 Å². The van der Waals surface area contributed by atoms with Crippen LogP contribution in [0.3, 0.4) is 0 Å². The van der Waals surface area contributed by atoms with Crippen LogP contribution in [0.4, 0.5) is 52.7 Å². The Hall–Kier alpha value is -2.21. The Kier molecular flexibility index (Phi) is 22.1. The van der Waals surface area contributed by atoms with Crippen molar-refractivity contribution in [1.29, 1.82) is 0 Å². The number of hydrogen-bond acceptors (Lipinski definition) is 6. The second kappa shape index (κ2) is 23.9. The number of halogens is 12. The van der Waals surface area contributed by atoms with E-state index in [4.69, 9.17) is 27.2 Å². The molecule has 0 bridgehead atoms. The van der Waals surface area contributed by atoms with E-state index >= 15 is 0 Å². The summed E-state index contributed by atoms with van der Waals surface area (Å²) in [5, 5.41) is 0. The molecule has 20 heteroatoms. The lowest BCUT2D eigenvalue weighted by atomic mass is 10.0. The van der Waals surface area contributed by atoms with Gasteiger partial charge in [0, 0.05) is 40.1 Å². The Morgan fingerprint density at radius 1 is 0.527 bits per heavy atom. The summed E-state index contributed by atoms with van der Waals surface area (Å²) in [7, 11) is -0.618. The van der Waals surface area contributed by atoms with Gasteiger partial charge in [0.2, 0.25) is 0 Å². The lowest BCUT2D eigenvalue weighted by Crippen LogP contribution is -2.43. The summed E-state index contributed by atoms with van der Waals surface area (Å²) in [4.78, 5) is 0. The fourth-order valence-corrected chi connectivity index (χ4v) is 8.44. The molecule has 0 aromatic heterocycles. The molecule has 55 heavy (non-hydrogen) atoms. The van der Waals surface area contributed by atoms with Gasteiger partial charge >= 0.3 is 33.5 Å². The van der Waals surface area contributed by atoms with Crippen LogP contribution in [-0.2, 0) is 64.7 Å². The second-order valence-corrected chi connectivity index (χ2v) is 16.6. The molecule has 0 radical (unpaired) electrons. The van der Waals surface area contributed by atoms with Crippen LogP contribution in [0.15, 0.2) is 36.4 Å². The maximum absolute atomic E-state index is 12.9. The molecule has 318 valence electrons. The van der Waals surface area contributed by atoms with Gasteiger partial charge in [-0.25, -0.2) is 0 Å². The standard InChI is InChI=1S/C18H26F6O3Si.C17H24F6O3Si/c1-3-25-16(26-4-2)27-28-9-7-5-6-8-13-10-14(17(19,20)21)12-15(11-13)18(22,23)24;1-4-26-27(24-2,25-3)9-7-5-6-8-13-10-14(16(18,19)20)12-15(11-13)17(21,22)23/h10-12,16H,3-9,28H2,1-2H3;10-12H,4-9H2,1-3H3. The van der Waals surface area contributed by atoms with E-state index in [1.165, 1.54) is 14.2 Å². The number of alkyl halides is 12. The number of aryl methyl sites for hydroxylation is 2. The van der Waals surface area contributed by atoms with Crippen molar-refractivity contribution in [2.24, 2.45) is 0 Å². The van der Waals surface area contributed by atoms with E-state index in [0.717, 1.165) is 36.7 Å². The lowest BCUT2D eigenvalue weighted by molar-refractivity contribution is -0.243. The number of rotatable bonds is 22. The molecular weight excluding hydrogens is 801 g/mol. The molecule has 0 aliphatic carbocycles. The maximum atomic E-state index is 12.9. The molecule has 0 saturated heterocycles. The highest BCUT2D eigenvalue weighted by Crippen LogP contribution is 2.38. The van der Waals surface area contributed by atoms with Crippen molar-refractivity contribution in [3.05, 3.63) is 69.8 Å². The Balaban J connectivity index is 0.000000550. The predicted molar refractivity (Wildman–Crippen MR) is 186 cm³/mol. The van der Waals surface area contributed by atoms with Gasteiger partial charge in [0.15, 0.2) is 9.76 Å². The van der Waals surface area contributed by atoms with Crippen LogP contribution in [0.25, 0.3) is 0 Å². The summed E-state index contributed by atoms with van der Waals surface area (Å²) in [6.07, 6.45) is -15.3. The van der Waals surface area contributed by atoms with Crippen LogP contribution >= 0.6 is 0 Å². The highest BCUT2D eigenvalue weighted by Gasteiger charge is 2.39. The van der Waals surface area contributed by atoms with Crippen LogP contribution in [0, 0.1) is 0 Å². The lowest BCUT2D eigenvalue weighted by Gasteiger charge is -2.25. The topological polar surface area (TPSA) is 55.4 Å². The largest absolute Gasteiger partial charge is 0.500 e. The summed E-state index contributed by atoms with van der Waals surface area (Å²) in [5.74, 6) is 0. The SMILES string of the molecule is CCOC(OCC)O[SiH2]CCCCCc1cc(C(F)(F)F)cc(C(F)(F)F)c1.CCO[Si](CCCCCc1cc(C(F)(F)F)cc(C(F)(F)F)c1)(OC)OC. The van der Waals surface area contributed by atoms with Crippen LogP contribution in [0.2, 0.25) is 12.1 Å².